The van der Waals surface area contributed by atoms with Crippen LogP contribution < -0.4 is 10.5 Å². The van der Waals surface area contributed by atoms with Gasteiger partial charge in [0, 0.05) is 12.8 Å². The van der Waals surface area contributed by atoms with Gasteiger partial charge in [0.25, 0.3) is 0 Å². The highest BCUT2D eigenvalue weighted by atomic mass is 16.2. The molecule has 0 rings (SSSR count). The molecule has 0 aliphatic rings. The second-order valence-corrected chi connectivity index (χ2v) is 3.58. The van der Waals surface area contributed by atoms with Crippen LogP contribution in [0.4, 0.5) is 0 Å². The van der Waals surface area contributed by atoms with Gasteiger partial charge in [-0.05, 0) is 12.8 Å². The molecule has 0 saturated carbocycles. The van der Waals surface area contributed by atoms with Gasteiger partial charge in [-0.1, -0.05) is 26.7 Å². The number of carbonyl (C=O) groups excluding carboxylic acids is 2. The van der Waals surface area contributed by atoms with Crippen LogP contribution in [0.25, 0.3) is 0 Å². The Hall–Kier alpha value is -0.995. The van der Waals surface area contributed by atoms with Crippen molar-refractivity contribution in [2.75, 3.05) is 0 Å². The zero-order chi connectivity index (χ0) is 11.5. The lowest BCUT2D eigenvalue weighted by Gasteiger charge is -2.04. The molecule has 0 aromatic heterocycles. The summed E-state index contributed by atoms with van der Waals surface area (Å²) >= 11 is 0. The molecule has 0 unspecified atom stereocenters. The SMILES string of the molecule is CCCCC(=O)NBNC(=O)CCCC. The molecule has 2 N–H and O–H groups in total. The molecule has 0 spiro atoms. The van der Waals surface area contributed by atoms with Gasteiger partial charge >= 0.3 is 7.55 Å². The summed E-state index contributed by atoms with van der Waals surface area (Å²) in [6.45, 7) is 4.08. The predicted molar refractivity (Wildman–Crippen MR) is 62.5 cm³/mol. The molecule has 15 heavy (non-hydrogen) atoms. The van der Waals surface area contributed by atoms with Gasteiger partial charge in [-0.15, -0.1) is 0 Å². The molecule has 0 aromatic carbocycles. The van der Waals surface area contributed by atoms with E-state index in [0.717, 1.165) is 25.7 Å². The number of amides is 2. The molecule has 86 valence electrons. The van der Waals surface area contributed by atoms with Gasteiger partial charge in [0.05, 0.1) is 0 Å². The van der Waals surface area contributed by atoms with Gasteiger partial charge < -0.3 is 10.5 Å². The fourth-order valence-corrected chi connectivity index (χ4v) is 1.09. The van der Waals surface area contributed by atoms with Crippen molar-refractivity contribution in [1.29, 1.82) is 0 Å². The summed E-state index contributed by atoms with van der Waals surface area (Å²) in [4.78, 5) is 22.3. The van der Waals surface area contributed by atoms with Crippen molar-refractivity contribution in [2.45, 2.75) is 52.4 Å². The highest BCUT2D eigenvalue weighted by Gasteiger charge is 2.03. The monoisotopic (exact) mass is 212 g/mol. The normalized spacial score (nSPS) is 9.47. The molecular formula is C10H21BN2O2. The lowest BCUT2D eigenvalue weighted by molar-refractivity contribution is -0.119. The van der Waals surface area contributed by atoms with E-state index >= 15 is 0 Å². The van der Waals surface area contributed by atoms with E-state index in [0.29, 0.717) is 12.8 Å². The van der Waals surface area contributed by atoms with E-state index < -0.39 is 0 Å². The van der Waals surface area contributed by atoms with E-state index in [1.807, 2.05) is 13.8 Å². The number of nitrogens with one attached hydrogen (secondary N) is 2. The molecule has 0 bridgehead atoms. The van der Waals surface area contributed by atoms with Crippen molar-refractivity contribution < 1.29 is 9.59 Å². The van der Waals surface area contributed by atoms with Gasteiger partial charge in [-0.25, -0.2) is 0 Å². The first-order chi connectivity index (χ1) is 7.20. The third kappa shape index (κ3) is 9.31. The van der Waals surface area contributed by atoms with Gasteiger partial charge in [0.15, 0.2) is 0 Å². The van der Waals surface area contributed by atoms with E-state index in [2.05, 4.69) is 10.5 Å². The molecule has 0 saturated heterocycles. The standard InChI is InChI=1S/C10H21BN2O2/c1-3-5-7-9(14)12-11-13-10(15)8-6-4-2/h11H,3-8H2,1-2H3,(H,12,14)(H,13,15). The minimum absolute atomic E-state index is 0.00708. The van der Waals surface area contributed by atoms with E-state index in [9.17, 15) is 9.59 Å². The minimum Gasteiger partial charge on any atom is -0.383 e. The molecular weight excluding hydrogens is 191 g/mol. The van der Waals surface area contributed by atoms with Crippen molar-refractivity contribution >= 4 is 19.4 Å². The van der Waals surface area contributed by atoms with Crippen molar-refractivity contribution in [3.05, 3.63) is 0 Å². The second kappa shape index (κ2) is 9.56. The fraction of sp³-hybridized carbons (Fsp3) is 0.800. The van der Waals surface area contributed by atoms with Crippen LogP contribution in [-0.4, -0.2) is 19.4 Å². The zero-order valence-electron chi connectivity index (χ0n) is 9.77. The summed E-state index contributed by atoms with van der Waals surface area (Å²) < 4.78 is 0. The summed E-state index contributed by atoms with van der Waals surface area (Å²) in [5.74, 6) is 0.0142. The number of carbonyl (C=O) groups is 2. The summed E-state index contributed by atoms with van der Waals surface area (Å²) in [7, 11) is 0.255. The van der Waals surface area contributed by atoms with Crippen molar-refractivity contribution in [1.82, 2.24) is 10.5 Å². The number of hydrogen-bond acceptors (Lipinski definition) is 2. The third-order valence-electron chi connectivity index (χ3n) is 2.09. The van der Waals surface area contributed by atoms with Crippen molar-refractivity contribution in [3.8, 4) is 0 Å². The smallest absolute Gasteiger partial charge is 0.355 e. The molecule has 4 nitrogen and oxygen atoms in total. The molecule has 0 radical (unpaired) electrons. The maximum absolute atomic E-state index is 11.1. The lowest BCUT2D eigenvalue weighted by atomic mass is 10.1. The molecule has 0 heterocycles. The Balaban J connectivity index is 3.36. The van der Waals surface area contributed by atoms with Crippen LogP contribution in [0.15, 0.2) is 0 Å². The first-order valence-corrected chi connectivity index (χ1v) is 5.74. The topological polar surface area (TPSA) is 58.2 Å². The summed E-state index contributed by atoms with van der Waals surface area (Å²) in [6.07, 6.45) is 4.90. The minimum atomic E-state index is 0.00708. The van der Waals surface area contributed by atoms with Crippen molar-refractivity contribution in [3.63, 3.8) is 0 Å². The second-order valence-electron chi connectivity index (χ2n) is 3.58. The van der Waals surface area contributed by atoms with Gasteiger partial charge in [0.1, 0.15) is 0 Å². The molecule has 2 amide bonds. The van der Waals surface area contributed by atoms with E-state index in [1.165, 1.54) is 0 Å². The van der Waals surface area contributed by atoms with Crippen molar-refractivity contribution in [2.24, 2.45) is 0 Å². The molecule has 0 aliphatic heterocycles. The van der Waals surface area contributed by atoms with Crippen LogP contribution in [0.5, 0.6) is 0 Å². The van der Waals surface area contributed by atoms with Crippen LogP contribution in [0, 0.1) is 0 Å². The maximum Gasteiger partial charge on any atom is 0.355 e. The van der Waals surface area contributed by atoms with E-state index in [-0.39, 0.29) is 19.4 Å². The first kappa shape index (κ1) is 14.0. The Labute approximate surface area is 92.5 Å². The average Bonchev–Trinajstić information content (AvgIpc) is 2.23. The highest BCUT2D eigenvalue weighted by molar-refractivity contribution is 6.38. The maximum atomic E-state index is 11.1. The molecule has 0 atom stereocenters. The summed E-state index contributed by atoms with van der Waals surface area (Å²) in [6, 6.07) is 0. The molecule has 0 aromatic rings. The number of hydrogen-bond donors (Lipinski definition) is 2. The number of unbranched alkanes of at least 4 members (excludes halogenated alkanes) is 2. The third-order valence-corrected chi connectivity index (χ3v) is 2.09. The van der Waals surface area contributed by atoms with Crippen LogP contribution >= 0.6 is 0 Å². The summed E-state index contributed by atoms with van der Waals surface area (Å²) in [5.41, 5.74) is 0. The van der Waals surface area contributed by atoms with Crippen LogP contribution in [0.3, 0.4) is 0 Å². The van der Waals surface area contributed by atoms with Crippen LogP contribution in [0.2, 0.25) is 0 Å². The van der Waals surface area contributed by atoms with Crippen LogP contribution in [-0.2, 0) is 9.59 Å². The molecule has 0 aliphatic carbocycles. The quantitative estimate of drug-likeness (QED) is 0.586. The largest absolute Gasteiger partial charge is 0.383 e. The summed E-state index contributed by atoms with van der Waals surface area (Å²) in [5, 5.41) is 5.31. The van der Waals surface area contributed by atoms with Gasteiger partial charge in [-0.3, -0.25) is 9.59 Å². The van der Waals surface area contributed by atoms with Crippen LogP contribution in [0.1, 0.15) is 52.4 Å². The lowest BCUT2D eigenvalue weighted by Crippen LogP contribution is -2.40. The predicted octanol–water partition coefficient (Wildman–Crippen LogP) is 0.866. The molecule has 5 heteroatoms. The highest BCUT2D eigenvalue weighted by Crippen LogP contribution is 1.93. The Bertz CT molecular complexity index is 178. The first-order valence-electron chi connectivity index (χ1n) is 5.74. The Morgan fingerprint density at radius 1 is 0.933 bits per heavy atom. The molecule has 0 fully saturated rings. The van der Waals surface area contributed by atoms with E-state index in [1.54, 1.807) is 0 Å². The zero-order valence-corrected chi connectivity index (χ0v) is 9.77. The Kier molecular flexibility index (Phi) is 8.92. The Morgan fingerprint density at radius 3 is 1.67 bits per heavy atom. The van der Waals surface area contributed by atoms with Gasteiger partial charge in [0.2, 0.25) is 11.8 Å². The Morgan fingerprint density at radius 2 is 1.33 bits per heavy atom. The average molecular weight is 212 g/mol. The fourth-order valence-electron chi connectivity index (χ4n) is 1.09. The van der Waals surface area contributed by atoms with Gasteiger partial charge in [-0.2, -0.15) is 0 Å². The van der Waals surface area contributed by atoms with E-state index in [4.69, 9.17) is 0 Å². The number of rotatable bonds is 8.